The normalized spacial score (nSPS) is 16.4. The lowest BCUT2D eigenvalue weighted by molar-refractivity contribution is -0.117. The Morgan fingerprint density at radius 2 is 1.91 bits per heavy atom. The van der Waals surface area contributed by atoms with Crippen LogP contribution in [0.3, 0.4) is 0 Å². The second kappa shape index (κ2) is 8.41. The predicted molar refractivity (Wildman–Crippen MR) is 134 cm³/mol. The predicted octanol–water partition coefficient (Wildman–Crippen LogP) is 6.92. The Labute approximate surface area is 203 Å². The number of thiazole rings is 1. The molecule has 0 aliphatic carbocycles. The quantitative estimate of drug-likeness (QED) is 0.306. The summed E-state index contributed by atoms with van der Waals surface area (Å²) in [5.41, 5.74) is 2.63. The maximum atomic E-state index is 13.4. The van der Waals surface area contributed by atoms with Gasteiger partial charge in [0.15, 0.2) is 10.9 Å². The number of aliphatic hydroxyl groups excluding tert-OH is 1. The van der Waals surface area contributed by atoms with E-state index in [4.69, 9.17) is 11.6 Å². The smallest absolute Gasteiger partial charge is 0.296 e. The molecule has 0 fully saturated rings. The van der Waals surface area contributed by atoms with Crippen molar-refractivity contribution in [2.24, 2.45) is 0 Å². The minimum atomic E-state index is -0.788. The van der Waals surface area contributed by atoms with Gasteiger partial charge in [-0.2, -0.15) is 0 Å². The van der Waals surface area contributed by atoms with E-state index in [0.29, 0.717) is 26.5 Å². The first-order valence-electron chi connectivity index (χ1n) is 10.4. The number of fused-ring (bicyclic) bond motifs is 1. The zero-order valence-electron chi connectivity index (χ0n) is 17.8. The molecule has 0 spiro atoms. The summed E-state index contributed by atoms with van der Waals surface area (Å²) >= 11 is 8.70. The van der Waals surface area contributed by atoms with E-state index in [1.54, 1.807) is 35.7 Å². The molecule has 5 nitrogen and oxygen atoms in total. The van der Waals surface area contributed by atoms with Gasteiger partial charge < -0.3 is 5.11 Å². The highest BCUT2D eigenvalue weighted by atomic mass is 35.5. The van der Waals surface area contributed by atoms with Crippen molar-refractivity contribution in [1.29, 1.82) is 0 Å². The number of aromatic nitrogens is 1. The lowest BCUT2D eigenvalue weighted by Gasteiger charge is -2.24. The molecular formula is C25H19ClN2O3S2. The average Bonchev–Trinajstić information content (AvgIpc) is 3.52. The molecule has 166 valence electrons. The second-order valence-corrected chi connectivity index (χ2v) is 10.5. The molecule has 1 amide bonds. The van der Waals surface area contributed by atoms with E-state index < -0.39 is 17.7 Å². The van der Waals surface area contributed by atoms with Crippen LogP contribution in [-0.2, 0) is 4.79 Å². The number of amides is 1. The van der Waals surface area contributed by atoms with Crippen LogP contribution >= 0.6 is 34.3 Å². The number of hydrogen-bond donors (Lipinski definition) is 1. The van der Waals surface area contributed by atoms with E-state index in [9.17, 15) is 14.7 Å². The molecule has 1 aliphatic rings. The number of thiophene rings is 1. The van der Waals surface area contributed by atoms with E-state index in [1.807, 2.05) is 24.3 Å². The summed E-state index contributed by atoms with van der Waals surface area (Å²) in [6.45, 7) is 4.20. The molecule has 1 N–H and O–H groups in total. The zero-order chi connectivity index (χ0) is 23.3. The average molecular weight is 495 g/mol. The molecule has 1 unspecified atom stereocenters. The number of rotatable bonds is 5. The molecule has 2 aromatic carbocycles. The molecule has 0 saturated heterocycles. The third-order valence-electron chi connectivity index (χ3n) is 5.66. The van der Waals surface area contributed by atoms with Crippen molar-refractivity contribution in [2.75, 3.05) is 4.90 Å². The van der Waals surface area contributed by atoms with Crippen LogP contribution < -0.4 is 4.90 Å². The Morgan fingerprint density at radius 1 is 1.15 bits per heavy atom. The third kappa shape index (κ3) is 3.76. The van der Waals surface area contributed by atoms with Crippen LogP contribution in [0.15, 0.2) is 71.3 Å². The molecule has 5 rings (SSSR count). The van der Waals surface area contributed by atoms with Gasteiger partial charge in [-0.25, -0.2) is 4.98 Å². The van der Waals surface area contributed by atoms with Gasteiger partial charge in [0, 0.05) is 5.02 Å². The minimum absolute atomic E-state index is 0.0667. The number of ketones is 1. The summed E-state index contributed by atoms with van der Waals surface area (Å²) in [5.74, 6) is -1.20. The van der Waals surface area contributed by atoms with Crippen LogP contribution in [0, 0.1) is 0 Å². The first-order valence-corrected chi connectivity index (χ1v) is 12.4. The van der Waals surface area contributed by atoms with Gasteiger partial charge >= 0.3 is 0 Å². The van der Waals surface area contributed by atoms with Gasteiger partial charge in [0.25, 0.3) is 5.91 Å². The van der Waals surface area contributed by atoms with Crippen molar-refractivity contribution < 1.29 is 14.7 Å². The number of benzene rings is 2. The summed E-state index contributed by atoms with van der Waals surface area (Å²) in [6.07, 6.45) is 0. The molecule has 3 heterocycles. The highest BCUT2D eigenvalue weighted by molar-refractivity contribution is 7.22. The summed E-state index contributed by atoms with van der Waals surface area (Å²) in [7, 11) is 0. The van der Waals surface area contributed by atoms with Crippen molar-refractivity contribution >= 4 is 61.3 Å². The fourth-order valence-electron chi connectivity index (χ4n) is 3.94. The number of anilines is 1. The third-order valence-corrected chi connectivity index (χ3v) is 7.78. The zero-order valence-corrected chi connectivity index (χ0v) is 20.2. The molecule has 8 heteroatoms. The Kier molecular flexibility index (Phi) is 5.56. The van der Waals surface area contributed by atoms with Crippen LogP contribution in [0.1, 0.15) is 46.6 Å². The molecule has 1 aliphatic heterocycles. The van der Waals surface area contributed by atoms with Crippen molar-refractivity contribution in [3.05, 3.63) is 92.3 Å². The monoisotopic (exact) mass is 494 g/mol. The Balaban J connectivity index is 1.67. The van der Waals surface area contributed by atoms with Gasteiger partial charge in [0.05, 0.1) is 26.7 Å². The number of carbonyl (C=O) groups is 2. The largest absolute Gasteiger partial charge is 0.503 e. The van der Waals surface area contributed by atoms with Crippen LogP contribution in [0.5, 0.6) is 0 Å². The highest BCUT2D eigenvalue weighted by Crippen LogP contribution is 2.44. The van der Waals surface area contributed by atoms with Crippen LogP contribution in [0.2, 0.25) is 5.02 Å². The van der Waals surface area contributed by atoms with E-state index in [-0.39, 0.29) is 11.4 Å². The molecule has 0 radical (unpaired) electrons. The van der Waals surface area contributed by atoms with Gasteiger partial charge in [-0.15, -0.1) is 11.3 Å². The van der Waals surface area contributed by atoms with Gasteiger partial charge in [0.1, 0.15) is 0 Å². The van der Waals surface area contributed by atoms with Crippen molar-refractivity contribution in [3.8, 4) is 0 Å². The van der Waals surface area contributed by atoms with Crippen molar-refractivity contribution in [2.45, 2.75) is 25.8 Å². The van der Waals surface area contributed by atoms with E-state index >= 15 is 0 Å². The fourth-order valence-corrected chi connectivity index (χ4v) is 5.89. The molecule has 0 bridgehead atoms. The van der Waals surface area contributed by atoms with Crippen LogP contribution in [0.25, 0.3) is 10.2 Å². The van der Waals surface area contributed by atoms with Gasteiger partial charge in [0.2, 0.25) is 5.78 Å². The molecule has 1 atom stereocenters. The fraction of sp³-hybridized carbons (Fsp3) is 0.160. The summed E-state index contributed by atoms with van der Waals surface area (Å²) in [5, 5.41) is 13.6. The van der Waals surface area contributed by atoms with E-state index in [2.05, 4.69) is 18.8 Å². The molecular weight excluding hydrogens is 476 g/mol. The van der Waals surface area contributed by atoms with Crippen molar-refractivity contribution in [3.63, 3.8) is 0 Å². The summed E-state index contributed by atoms with van der Waals surface area (Å²) < 4.78 is 0.816. The van der Waals surface area contributed by atoms with Gasteiger partial charge in [-0.1, -0.05) is 67.1 Å². The van der Waals surface area contributed by atoms with Crippen molar-refractivity contribution in [1.82, 2.24) is 4.98 Å². The minimum Gasteiger partial charge on any atom is -0.503 e. The first kappa shape index (κ1) is 21.8. The number of carbonyl (C=O) groups excluding carboxylic acids is 2. The lowest BCUT2D eigenvalue weighted by atomic mass is 9.93. The van der Waals surface area contributed by atoms with Gasteiger partial charge in [-0.05, 0) is 46.7 Å². The molecule has 33 heavy (non-hydrogen) atoms. The number of aliphatic hydroxyl groups is 1. The molecule has 4 aromatic rings. The molecule has 0 saturated carbocycles. The Bertz CT molecular complexity index is 1410. The number of halogens is 1. The Morgan fingerprint density at radius 3 is 2.58 bits per heavy atom. The van der Waals surface area contributed by atoms with Gasteiger partial charge in [-0.3, -0.25) is 14.5 Å². The standard InChI is InChI=1S/C25H19ClN2O3S2/c1-13(2)14-5-7-15(8-6-14)21-20(22(29)18-4-3-11-32-18)23(30)24(31)28(21)25-27-17-10-9-16(26)12-19(17)33-25/h3-13,21,30H,1-2H3. The van der Waals surface area contributed by atoms with Crippen LogP contribution in [-0.4, -0.2) is 21.8 Å². The summed E-state index contributed by atoms with van der Waals surface area (Å²) in [6, 6.07) is 15.8. The second-order valence-electron chi connectivity index (χ2n) is 8.08. The topological polar surface area (TPSA) is 70.5 Å². The maximum absolute atomic E-state index is 13.4. The number of nitrogens with zero attached hydrogens (tertiary/aromatic N) is 2. The maximum Gasteiger partial charge on any atom is 0.296 e. The van der Waals surface area contributed by atoms with E-state index in [1.165, 1.54) is 27.6 Å². The highest BCUT2D eigenvalue weighted by Gasteiger charge is 2.46. The van der Waals surface area contributed by atoms with E-state index in [0.717, 1.165) is 15.8 Å². The van der Waals surface area contributed by atoms with Crippen LogP contribution in [0.4, 0.5) is 5.13 Å². The number of hydrogen-bond acceptors (Lipinski definition) is 6. The first-order chi connectivity index (χ1) is 15.8. The number of Topliss-reactive ketones (excluding diaryl/α,β-unsaturated/α-hetero) is 1. The summed E-state index contributed by atoms with van der Waals surface area (Å²) in [4.78, 5) is 33.2. The Hall–Kier alpha value is -3.00. The SMILES string of the molecule is CC(C)c1ccc(C2C(C(=O)c3cccs3)=C(O)C(=O)N2c2nc3ccc(Cl)cc3s2)cc1. The lowest BCUT2D eigenvalue weighted by Crippen LogP contribution is -2.30. The molecule has 2 aromatic heterocycles.